The maximum Gasteiger partial charge on any atom is 0.409 e. The molecule has 9 heteroatoms. The lowest BCUT2D eigenvalue weighted by molar-refractivity contribution is -0.115. The van der Waals surface area contributed by atoms with E-state index in [-0.39, 0.29) is 21.8 Å². The SMILES string of the molecule is N#Cc1ccc(C(=O)CC(=O)Nc2cc(-c3ccccc3F)ccc2NC(=O)O)s1. The van der Waals surface area contributed by atoms with Crippen LogP contribution in [0.2, 0.25) is 0 Å². The summed E-state index contributed by atoms with van der Waals surface area (Å²) >= 11 is 0.980. The molecule has 7 nitrogen and oxygen atoms in total. The maximum absolute atomic E-state index is 14.1. The molecule has 2 aromatic carbocycles. The van der Waals surface area contributed by atoms with Gasteiger partial charge in [-0.2, -0.15) is 5.26 Å². The van der Waals surface area contributed by atoms with Crippen molar-refractivity contribution in [3.05, 3.63) is 70.2 Å². The van der Waals surface area contributed by atoms with Crippen molar-refractivity contribution >= 4 is 40.5 Å². The van der Waals surface area contributed by atoms with E-state index < -0.39 is 30.0 Å². The first-order valence-electron chi connectivity index (χ1n) is 8.59. The average molecular weight is 423 g/mol. The normalized spacial score (nSPS) is 10.1. The molecule has 0 unspecified atom stereocenters. The number of thiophene rings is 1. The Morgan fingerprint density at radius 3 is 2.47 bits per heavy atom. The van der Waals surface area contributed by atoms with E-state index in [2.05, 4.69) is 10.6 Å². The minimum absolute atomic E-state index is 0.0753. The molecular formula is C21H14FN3O4S. The lowest BCUT2D eigenvalue weighted by Gasteiger charge is -2.13. The lowest BCUT2D eigenvalue weighted by atomic mass is 10.0. The molecular weight excluding hydrogens is 409 g/mol. The number of carboxylic acid groups (broad SMARTS) is 1. The molecule has 150 valence electrons. The van der Waals surface area contributed by atoms with E-state index in [0.717, 1.165) is 11.3 Å². The van der Waals surface area contributed by atoms with Crippen LogP contribution in [-0.2, 0) is 4.79 Å². The van der Waals surface area contributed by atoms with Crippen LogP contribution in [0.4, 0.5) is 20.6 Å². The Kier molecular flexibility index (Phi) is 6.20. The molecule has 0 aliphatic rings. The zero-order chi connectivity index (χ0) is 21.7. The van der Waals surface area contributed by atoms with Gasteiger partial charge < -0.3 is 10.4 Å². The van der Waals surface area contributed by atoms with Crippen LogP contribution in [0.15, 0.2) is 54.6 Å². The summed E-state index contributed by atoms with van der Waals surface area (Å²) in [5, 5.41) is 22.5. The Balaban J connectivity index is 1.85. The summed E-state index contributed by atoms with van der Waals surface area (Å²) in [6.45, 7) is 0. The topological polar surface area (TPSA) is 119 Å². The molecule has 3 N–H and O–H groups in total. The number of carbonyl (C=O) groups excluding carboxylic acids is 2. The summed E-state index contributed by atoms with van der Waals surface area (Å²) in [6.07, 6.45) is -1.84. The van der Waals surface area contributed by atoms with Crippen LogP contribution in [0.5, 0.6) is 0 Å². The Morgan fingerprint density at radius 1 is 1.03 bits per heavy atom. The van der Waals surface area contributed by atoms with Crippen molar-refractivity contribution in [2.45, 2.75) is 6.42 Å². The van der Waals surface area contributed by atoms with E-state index in [0.29, 0.717) is 10.4 Å². The summed E-state index contributed by atoms with van der Waals surface area (Å²) in [5.41, 5.74) is 0.849. The van der Waals surface area contributed by atoms with Gasteiger partial charge in [-0.15, -0.1) is 11.3 Å². The number of hydrogen-bond acceptors (Lipinski definition) is 5. The fourth-order valence-electron chi connectivity index (χ4n) is 2.71. The number of nitrogens with zero attached hydrogens (tertiary/aromatic N) is 1. The number of benzene rings is 2. The standard InChI is InChI=1S/C21H14FN3O4S/c22-15-4-2-1-3-14(15)12-5-7-16(25-21(28)29)17(9-12)24-20(27)10-18(26)19-8-6-13(11-23)30-19/h1-9,25H,10H2,(H,24,27)(H,28,29). The first kappa shape index (κ1) is 20.7. The van der Waals surface area contributed by atoms with Gasteiger partial charge in [-0.25, -0.2) is 9.18 Å². The number of nitrogens with one attached hydrogen (secondary N) is 2. The van der Waals surface area contributed by atoms with E-state index in [1.807, 2.05) is 6.07 Å². The smallest absolute Gasteiger partial charge is 0.409 e. The van der Waals surface area contributed by atoms with E-state index in [1.54, 1.807) is 12.1 Å². The summed E-state index contributed by atoms with van der Waals surface area (Å²) in [4.78, 5) is 36.3. The van der Waals surface area contributed by atoms with Gasteiger partial charge in [0.1, 0.15) is 16.8 Å². The Morgan fingerprint density at radius 2 is 1.80 bits per heavy atom. The second kappa shape index (κ2) is 8.98. The number of Topliss-reactive ketones (excluding diaryl/α,β-unsaturated/α-hetero) is 1. The van der Waals surface area contributed by atoms with Crippen molar-refractivity contribution in [2.24, 2.45) is 0 Å². The maximum atomic E-state index is 14.1. The third kappa shape index (κ3) is 4.87. The zero-order valence-electron chi connectivity index (χ0n) is 15.3. The monoisotopic (exact) mass is 423 g/mol. The third-order valence-electron chi connectivity index (χ3n) is 4.03. The molecule has 0 aliphatic carbocycles. The number of nitriles is 1. The predicted octanol–water partition coefficient (Wildman–Crippen LogP) is 4.73. The van der Waals surface area contributed by atoms with Crippen molar-refractivity contribution < 1.29 is 23.9 Å². The highest BCUT2D eigenvalue weighted by atomic mass is 32.1. The number of ketones is 1. The molecule has 0 radical (unpaired) electrons. The minimum Gasteiger partial charge on any atom is -0.465 e. The number of carbonyl (C=O) groups is 3. The predicted molar refractivity (Wildman–Crippen MR) is 110 cm³/mol. The van der Waals surface area contributed by atoms with Crippen molar-refractivity contribution in [3.63, 3.8) is 0 Å². The number of anilines is 2. The number of halogens is 1. The molecule has 0 aliphatic heterocycles. The number of amides is 2. The van der Waals surface area contributed by atoms with Gasteiger partial charge in [0, 0.05) is 5.56 Å². The van der Waals surface area contributed by atoms with E-state index >= 15 is 0 Å². The van der Waals surface area contributed by atoms with Crippen molar-refractivity contribution in [1.82, 2.24) is 0 Å². The molecule has 1 aromatic heterocycles. The van der Waals surface area contributed by atoms with Gasteiger partial charge >= 0.3 is 6.09 Å². The Hall–Kier alpha value is -4.03. The summed E-state index contributed by atoms with van der Waals surface area (Å²) in [5.74, 6) is -1.63. The summed E-state index contributed by atoms with van der Waals surface area (Å²) in [6, 6.07) is 15.2. The van der Waals surface area contributed by atoms with Gasteiger partial charge in [0.15, 0.2) is 5.78 Å². The zero-order valence-corrected chi connectivity index (χ0v) is 16.1. The van der Waals surface area contributed by atoms with Crippen molar-refractivity contribution in [3.8, 4) is 17.2 Å². The minimum atomic E-state index is -1.34. The average Bonchev–Trinajstić information content (AvgIpc) is 3.19. The van der Waals surface area contributed by atoms with Crippen LogP contribution in [0.1, 0.15) is 21.0 Å². The second-order valence-electron chi connectivity index (χ2n) is 6.09. The van der Waals surface area contributed by atoms with Gasteiger partial charge in [-0.05, 0) is 35.9 Å². The molecule has 0 saturated heterocycles. The largest absolute Gasteiger partial charge is 0.465 e. The van der Waals surface area contributed by atoms with Crippen LogP contribution < -0.4 is 10.6 Å². The second-order valence-corrected chi connectivity index (χ2v) is 7.18. The summed E-state index contributed by atoms with van der Waals surface area (Å²) < 4.78 is 14.1. The molecule has 2 amide bonds. The van der Waals surface area contributed by atoms with Gasteiger partial charge in [0.05, 0.1) is 22.7 Å². The highest BCUT2D eigenvalue weighted by Gasteiger charge is 2.17. The quantitative estimate of drug-likeness (QED) is 0.391. The molecule has 0 spiro atoms. The highest BCUT2D eigenvalue weighted by molar-refractivity contribution is 7.14. The fourth-order valence-corrected chi connectivity index (χ4v) is 3.45. The number of hydrogen-bond donors (Lipinski definition) is 3. The molecule has 3 aromatic rings. The molecule has 1 heterocycles. The first-order valence-corrected chi connectivity index (χ1v) is 9.41. The van der Waals surface area contributed by atoms with Crippen LogP contribution in [-0.4, -0.2) is 22.9 Å². The Bertz CT molecular complexity index is 1180. The van der Waals surface area contributed by atoms with Crippen molar-refractivity contribution in [2.75, 3.05) is 10.6 Å². The lowest BCUT2D eigenvalue weighted by Crippen LogP contribution is -2.18. The van der Waals surface area contributed by atoms with Gasteiger partial charge in [0.25, 0.3) is 0 Å². The van der Waals surface area contributed by atoms with Crippen LogP contribution in [0, 0.1) is 17.1 Å². The van der Waals surface area contributed by atoms with E-state index in [1.165, 1.54) is 42.5 Å². The van der Waals surface area contributed by atoms with Gasteiger partial charge in [-0.1, -0.05) is 24.3 Å². The fraction of sp³-hybridized carbons (Fsp3) is 0.0476. The Labute approximate surface area is 174 Å². The van der Waals surface area contributed by atoms with E-state index in [4.69, 9.17) is 10.4 Å². The molecule has 0 fully saturated rings. The van der Waals surface area contributed by atoms with Crippen molar-refractivity contribution in [1.29, 1.82) is 5.26 Å². The molecule has 30 heavy (non-hydrogen) atoms. The first-order chi connectivity index (χ1) is 14.4. The third-order valence-corrected chi connectivity index (χ3v) is 5.06. The van der Waals surface area contributed by atoms with Crippen LogP contribution in [0.25, 0.3) is 11.1 Å². The van der Waals surface area contributed by atoms with Crippen LogP contribution >= 0.6 is 11.3 Å². The van der Waals surface area contributed by atoms with Gasteiger partial charge in [-0.3, -0.25) is 14.9 Å². The molecule has 0 bridgehead atoms. The van der Waals surface area contributed by atoms with E-state index in [9.17, 15) is 18.8 Å². The molecule has 3 rings (SSSR count). The summed E-state index contributed by atoms with van der Waals surface area (Å²) in [7, 11) is 0. The van der Waals surface area contributed by atoms with Gasteiger partial charge in [0.2, 0.25) is 5.91 Å². The molecule has 0 saturated carbocycles. The number of rotatable bonds is 6. The van der Waals surface area contributed by atoms with Crippen LogP contribution in [0.3, 0.4) is 0 Å². The molecule has 0 atom stereocenters. The highest BCUT2D eigenvalue weighted by Crippen LogP contribution is 2.31.